The summed E-state index contributed by atoms with van der Waals surface area (Å²) in [6.45, 7) is 3.68. The third kappa shape index (κ3) is 4.12. The average Bonchev–Trinajstić information content (AvgIpc) is 2.88. The van der Waals surface area contributed by atoms with E-state index in [1.165, 1.54) is 4.88 Å². The largest absolute Gasteiger partial charge is 0.492 e. The molecule has 18 heavy (non-hydrogen) atoms. The Hall–Kier alpha value is -0.840. The van der Waals surface area contributed by atoms with Crippen LogP contribution in [0.5, 0.6) is 5.75 Å². The number of hydrogen-bond donors (Lipinski definition) is 1. The number of ether oxygens (including phenoxy) is 1. The van der Waals surface area contributed by atoms with E-state index < -0.39 is 0 Å². The van der Waals surface area contributed by atoms with Crippen molar-refractivity contribution in [3.63, 3.8) is 0 Å². The summed E-state index contributed by atoms with van der Waals surface area (Å²) >= 11 is 5.20. The zero-order valence-corrected chi connectivity index (χ0v) is 12.6. The molecule has 2 nitrogen and oxygen atoms in total. The molecule has 0 aliphatic rings. The number of halogens is 1. The van der Waals surface area contributed by atoms with Gasteiger partial charge in [-0.25, -0.2) is 0 Å². The quantitative estimate of drug-likeness (QED) is 0.802. The first kappa shape index (κ1) is 13.6. The number of benzene rings is 1. The Morgan fingerprint density at radius 3 is 2.94 bits per heavy atom. The van der Waals surface area contributed by atoms with Crippen molar-refractivity contribution in [3.05, 3.63) is 51.1 Å². The second kappa shape index (κ2) is 6.92. The van der Waals surface area contributed by atoms with Crippen LogP contribution in [0.25, 0.3) is 0 Å². The van der Waals surface area contributed by atoms with E-state index in [-0.39, 0.29) is 0 Å². The molecule has 0 radical (unpaired) electrons. The molecule has 0 saturated heterocycles. The Morgan fingerprint density at radius 1 is 1.33 bits per heavy atom. The SMILES string of the molecule is C[C@H](NCCOc1cccc(Br)c1)c1cccs1. The Morgan fingerprint density at radius 2 is 2.22 bits per heavy atom. The lowest BCUT2D eigenvalue weighted by Gasteiger charge is -2.12. The summed E-state index contributed by atoms with van der Waals surface area (Å²) in [4.78, 5) is 1.36. The molecule has 1 heterocycles. The predicted octanol–water partition coefficient (Wildman–Crippen LogP) is 4.24. The summed E-state index contributed by atoms with van der Waals surface area (Å²) in [6.07, 6.45) is 0. The van der Waals surface area contributed by atoms with Gasteiger partial charge in [-0.15, -0.1) is 11.3 Å². The fourth-order valence-corrected chi connectivity index (χ4v) is 2.78. The molecule has 0 unspecified atom stereocenters. The summed E-state index contributed by atoms with van der Waals surface area (Å²) in [5.41, 5.74) is 0. The van der Waals surface area contributed by atoms with Gasteiger partial charge < -0.3 is 10.1 Å². The van der Waals surface area contributed by atoms with Crippen LogP contribution in [0.4, 0.5) is 0 Å². The van der Waals surface area contributed by atoms with Gasteiger partial charge in [0.2, 0.25) is 0 Å². The van der Waals surface area contributed by atoms with Gasteiger partial charge in [-0.1, -0.05) is 28.1 Å². The van der Waals surface area contributed by atoms with Crippen molar-refractivity contribution in [1.82, 2.24) is 5.32 Å². The average molecular weight is 326 g/mol. The van der Waals surface area contributed by atoms with Crippen LogP contribution in [-0.2, 0) is 0 Å². The molecule has 0 aliphatic heterocycles. The molecule has 96 valence electrons. The normalized spacial score (nSPS) is 12.3. The molecule has 2 aromatic rings. The fourth-order valence-electron chi connectivity index (χ4n) is 1.64. The lowest BCUT2D eigenvalue weighted by molar-refractivity contribution is 0.308. The van der Waals surface area contributed by atoms with Gasteiger partial charge in [0.05, 0.1) is 0 Å². The molecule has 0 bridgehead atoms. The van der Waals surface area contributed by atoms with Crippen LogP contribution >= 0.6 is 27.3 Å². The number of rotatable bonds is 6. The van der Waals surface area contributed by atoms with Crippen molar-refractivity contribution in [2.75, 3.05) is 13.2 Å². The van der Waals surface area contributed by atoms with Crippen LogP contribution in [0, 0.1) is 0 Å². The first-order valence-electron chi connectivity index (χ1n) is 5.91. The van der Waals surface area contributed by atoms with Crippen LogP contribution in [0.1, 0.15) is 17.8 Å². The molecule has 1 aromatic carbocycles. The third-order valence-corrected chi connectivity index (χ3v) is 4.14. The van der Waals surface area contributed by atoms with Gasteiger partial charge in [0.15, 0.2) is 0 Å². The molecule has 0 amide bonds. The molecule has 1 N–H and O–H groups in total. The Balaban J connectivity index is 1.70. The van der Waals surface area contributed by atoms with Gasteiger partial charge in [-0.05, 0) is 36.6 Å². The lowest BCUT2D eigenvalue weighted by atomic mass is 10.3. The van der Waals surface area contributed by atoms with Crippen LogP contribution in [0.15, 0.2) is 46.3 Å². The van der Waals surface area contributed by atoms with E-state index in [0.717, 1.165) is 16.8 Å². The van der Waals surface area contributed by atoms with Crippen LogP contribution < -0.4 is 10.1 Å². The third-order valence-electron chi connectivity index (χ3n) is 2.59. The molecule has 0 spiro atoms. The molecule has 2 rings (SSSR count). The van der Waals surface area contributed by atoms with E-state index in [4.69, 9.17) is 4.74 Å². The molecular formula is C14H16BrNOS. The summed E-state index contributed by atoms with van der Waals surface area (Å²) in [6, 6.07) is 12.5. The minimum atomic E-state index is 0.385. The molecular weight excluding hydrogens is 310 g/mol. The van der Waals surface area contributed by atoms with E-state index in [1.807, 2.05) is 24.3 Å². The first-order chi connectivity index (χ1) is 8.75. The highest BCUT2D eigenvalue weighted by Gasteiger charge is 2.04. The highest BCUT2D eigenvalue weighted by atomic mass is 79.9. The highest BCUT2D eigenvalue weighted by Crippen LogP contribution is 2.19. The molecule has 0 saturated carbocycles. The van der Waals surface area contributed by atoms with Gasteiger partial charge in [0.1, 0.15) is 12.4 Å². The smallest absolute Gasteiger partial charge is 0.120 e. The zero-order chi connectivity index (χ0) is 12.8. The summed E-state index contributed by atoms with van der Waals surface area (Å²) < 4.78 is 6.71. The summed E-state index contributed by atoms with van der Waals surface area (Å²) in [5, 5.41) is 5.55. The van der Waals surface area contributed by atoms with Gasteiger partial charge in [0, 0.05) is 21.9 Å². The Labute approximate surface area is 120 Å². The monoisotopic (exact) mass is 325 g/mol. The predicted molar refractivity (Wildman–Crippen MR) is 80.4 cm³/mol. The van der Waals surface area contributed by atoms with Gasteiger partial charge >= 0.3 is 0 Å². The Kier molecular flexibility index (Phi) is 5.23. The Bertz CT molecular complexity index is 472. The van der Waals surface area contributed by atoms with Gasteiger partial charge in [0.25, 0.3) is 0 Å². The van der Waals surface area contributed by atoms with E-state index in [0.29, 0.717) is 12.6 Å². The fraction of sp³-hybridized carbons (Fsp3) is 0.286. The topological polar surface area (TPSA) is 21.3 Å². The molecule has 4 heteroatoms. The van der Waals surface area contributed by atoms with E-state index in [2.05, 4.69) is 45.7 Å². The van der Waals surface area contributed by atoms with Crippen LogP contribution in [0.2, 0.25) is 0 Å². The first-order valence-corrected chi connectivity index (χ1v) is 7.58. The van der Waals surface area contributed by atoms with Crippen molar-refractivity contribution >= 4 is 27.3 Å². The maximum Gasteiger partial charge on any atom is 0.120 e. The number of thiophene rings is 1. The number of nitrogens with one attached hydrogen (secondary N) is 1. The highest BCUT2D eigenvalue weighted by molar-refractivity contribution is 9.10. The van der Waals surface area contributed by atoms with Crippen molar-refractivity contribution in [1.29, 1.82) is 0 Å². The van der Waals surface area contributed by atoms with Crippen molar-refractivity contribution in [2.24, 2.45) is 0 Å². The second-order valence-corrected chi connectivity index (χ2v) is 5.89. The summed E-state index contributed by atoms with van der Waals surface area (Å²) in [7, 11) is 0. The van der Waals surface area contributed by atoms with Gasteiger partial charge in [-0.2, -0.15) is 0 Å². The van der Waals surface area contributed by atoms with Crippen molar-refractivity contribution in [2.45, 2.75) is 13.0 Å². The minimum absolute atomic E-state index is 0.385. The molecule has 0 fully saturated rings. The zero-order valence-electron chi connectivity index (χ0n) is 10.2. The van der Waals surface area contributed by atoms with Crippen LogP contribution in [-0.4, -0.2) is 13.2 Å². The standard InChI is InChI=1S/C14H16BrNOS/c1-11(14-6-3-9-18-14)16-7-8-17-13-5-2-4-12(15)10-13/h2-6,9-11,16H,7-8H2,1H3/t11-/m0/s1. The molecule has 1 atom stereocenters. The summed E-state index contributed by atoms with van der Waals surface area (Å²) in [5.74, 6) is 0.898. The molecule has 1 aromatic heterocycles. The maximum atomic E-state index is 5.67. The number of hydrogen-bond acceptors (Lipinski definition) is 3. The van der Waals surface area contributed by atoms with Crippen molar-refractivity contribution in [3.8, 4) is 5.75 Å². The van der Waals surface area contributed by atoms with E-state index >= 15 is 0 Å². The van der Waals surface area contributed by atoms with E-state index in [9.17, 15) is 0 Å². The van der Waals surface area contributed by atoms with Crippen molar-refractivity contribution < 1.29 is 4.74 Å². The van der Waals surface area contributed by atoms with Crippen LogP contribution in [0.3, 0.4) is 0 Å². The second-order valence-electron chi connectivity index (χ2n) is 4.00. The minimum Gasteiger partial charge on any atom is -0.492 e. The van der Waals surface area contributed by atoms with Gasteiger partial charge in [-0.3, -0.25) is 0 Å². The molecule has 0 aliphatic carbocycles. The maximum absolute atomic E-state index is 5.67. The lowest BCUT2D eigenvalue weighted by Crippen LogP contribution is -2.23. The van der Waals surface area contributed by atoms with E-state index in [1.54, 1.807) is 11.3 Å².